The van der Waals surface area contributed by atoms with Gasteiger partial charge in [0.05, 0.1) is 6.04 Å². The SMILES string of the molecule is N[C@@H](CCO)C(=O)NCc1ccccc1. The first-order valence-electron chi connectivity index (χ1n) is 4.92. The topological polar surface area (TPSA) is 75.3 Å². The fourth-order valence-corrected chi connectivity index (χ4v) is 1.19. The predicted octanol–water partition coefficient (Wildman–Crippen LogP) is 0.0125. The van der Waals surface area contributed by atoms with E-state index in [9.17, 15) is 4.79 Å². The van der Waals surface area contributed by atoms with Crippen molar-refractivity contribution >= 4 is 5.91 Å². The number of aliphatic hydroxyl groups is 1. The third kappa shape index (κ3) is 4.10. The van der Waals surface area contributed by atoms with Gasteiger partial charge in [-0.15, -0.1) is 0 Å². The molecule has 0 radical (unpaired) electrons. The third-order valence-electron chi connectivity index (χ3n) is 2.09. The molecule has 0 spiro atoms. The van der Waals surface area contributed by atoms with Crippen molar-refractivity contribution < 1.29 is 9.90 Å². The lowest BCUT2D eigenvalue weighted by atomic mass is 10.2. The molecule has 1 atom stereocenters. The van der Waals surface area contributed by atoms with Crippen molar-refractivity contribution in [1.82, 2.24) is 5.32 Å². The Balaban J connectivity index is 2.34. The Morgan fingerprint density at radius 1 is 1.40 bits per heavy atom. The van der Waals surface area contributed by atoms with Crippen LogP contribution in [0, 0.1) is 0 Å². The van der Waals surface area contributed by atoms with E-state index >= 15 is 0 Å². The van der Waals surface area contributed by atoms with Crippen molar-refractivity contribution in [2.75, 3.05) is 6.61 Å². The van der Waals surface area contributed by atoms with Gasteiger partial charge in [-0.25, -0.2) is 0 Å². The maximum Gasteiger partial charge on any atom is 0.237 e. The molecule has 1 aromatic carbocycles. The second-order valence-electron chi connectivity index (χ2n) is 3.32. The first kappa shape index (κ1) is 11.7. The standard InChI is InChI=1S/C11H16N2O2/c12-10(6-7-14)11(15)13-8-9-4-2-1-3-5-9/h1-5,10,14H,6-8,12H2,(H,13,15)/t10-/m0/s1. The van der Waals surface area contributed by atoms with Crippen molar-refractivity contribution in [2.24, 2.45) is 5.73 Å². The Kier molecular flexibility index (Phi) is 4.80. The molecule has 0 unspecified atom stereocenters. The number of hydrogen-bond donors (Lipinski definition) is 3. The summed E-state index contributed by atoms with van der Waals surface area (Å²) in [5.41, 5.74) is 6.55. The van der Waals surface area contributed by atoms with Crippen LogP contribution < -0.4 is 11.1 Å². The van der Waals surface area contributed by atoms with Gasteiger partial charge in [0.15, 0.2) is 0 Å². The Hall–Kier alpha value is -1.39. The zero-order valence-corrected chi connectivity index (χ0v) is 8.52. The lowest BCUT2D eigenvalue weighted by Crippen LogP contribution is -2.40. The van der Waals surface area contributed by atoms with E-state index in [0.29, 0.717) is 13.0 Å². The molecule has 4 heteroatoms. The molecule has 4 N–H and O–H groups in total. The number of aliphatic hydroxyl groups excluding tert-OH is 1. The number of nitrogens with two attached hydrogens (primary N) is 1. The van der Waals surface area contributed by atoms with Crippen LogP contribution >= 0.6 is 0 Å². The van der Waals surface area contributed by atoms with Crippen LogP contribution in [0.15, 0.2) is 30.3 Å². The van der Waals surface area contributed by atoms with Gasteiger partial charge in [-0.05, 0) is 12.0 Å². The third-order valence-corrected chi connectivity index (χ3v) is 2.09. The second kappa shape index (κ2) is 6.16. The fraction of sp³-hybridized carbons (Fsp3) is 0.364. The van der Waals surface area contributed by atoms with Gasteiger partial charge in [-0.3, -0.25) is 4.79 Å². The van der Waals surface area contributed by atoms with Gasteiger partial charge in [-0.1, -0.05) is 30.3 Å². The Morgan fingerprint density at radius 3 is 2.67 bits per heavy atom. The zero-order valence-electron chi connectivity index (χ0n) is 8.52. The molecular formula is C11H16N2O2. The monoisotopic (exact) mass is 208 g/mol. The molecule has 4 nitrogen and oxygen atoms in total. The number of hydrogen-bond acceptors (Lipinski definition) is 3. The van der Waals surface area contributed by atoms with Crippen molar-refractivity contribution in [1.29, 1.82) is 0 Å². The molecule has 82 valence electrons. The van der Waals surface area contributed by atoms with Crippen LogP contribution in [0.4, 0.5) is 0 Å². The molecule has 0 heterocycles. The average molecular weight is 208 g/mol. The molecule has 0 aromatic heterocycles. The van der Waals surface area contributed by atoms with E-state index in [1.165, 1.54) is 0 Å². The Labute approximate surface area is 89.1 Å². The van der Waals surface area contributed by atoms with Gasteiger partial charge < -0.3 is 16.2 Å². The highest BCUT2D eigenvalue weighted by Crippen LogP contribution is 1.97. The summed E-state index contributed by atoms with van der Waals surface area (Å²) >= 11 is 0. The number of carbonyl (C=O) groups excluding carboxylic acids is 1. The van der Waals surface area contributed by atoms with E-state index in [-0.39, 0.29) is 12.5 Å². The van der Waals surface area contributed by atoms with Gasteiger partial charge in [0.1, 0.15) is 0 Å². The van der Waals surface area contributed by atoms with Gasteiger partial charge >= 0.3 is 0 Å². The molecule has 0 aliphatic heterocycles. The summed E-state index contributed by atoms with van der Waals surface area (Å²) in [4.78, 5) is 11.4. The van der Waals surface area contributed by atoms with Crippen LogP contribution in [0.25, 0.3) is 0 Å². The number of carbonyl (C=O) groups is 1. The second-order valence-corrected chi connectivity index (χ2v) is 3.32. The number of amides is 1. The van der Waals surface area contributed by atoms with E-state index in [1.54, 1.807) is 0 Å². The van der Waals surface area contributed by atoms with Gasteiger partial charge in [-0.2, -0.15) is 0 Å². The lowest BCUT2D eigenvalue weighted by molar-refractivity contribution is -0.122. The summed E-state index contributed by atoms with van der Waals surface area (Å²) in [5.74, 6) is -0.229. The number of nitrogens with one attached hydrogen (secondary N) is 1. The molecular weight excluding hydrogens is 192 g/mol. The average Bonchev–Trinajstić information content (AvgIpc) is 2.27. The first-order chi connectivity index (χ1) is 7.24. The highest BCUT2D eigenvalue weighted by molar-refractivity contribution is 5.81. The molecule has 0 saturated carbocycles. The maximum absolute atomic E-state index is 11.4. The summed E-state index contributed by atoms with van der Waals surface area (Å²) in [6, 6.07) is 8.97. The van der Waals surface area contributed by atoms with Crippen LogP contribution in [0.3, 0.4) is 0 Å². The van der Waals surface area contributed by atoms with Crippen molar-refractivity contribution in [3.63, 3.8) is 0 Å². The lowest BCUT2D eigenvalue weighted by Gasteiger charge is -2.10. The van der Waals surface area contributed by atoms with Crippen molar-refractivity contribution in [3.8, 4) is 0 Å². The minimum Gasteiger partial charge on any atom is -0.396 e. The molecule has 1 amide bonds. The minimum atomic E-state index is -0.626. The van der Waals surface area contributed by atoms with Gasteiger partial charge in [0.25, 0.3) is 0 Å². The molecule has 0 bridgehead atoms. The largest absolute Gasteiger partial charge is 0.396 e. The molecule has 0 fully saturated rings. The van der Waals surface area contributed by atoms with Crippen molar-refractivity contribution in [3.05, 3.63) is 35.9 Å². The maximum atomic E-state index is 11.4. The Morgan fingerprint density at radius 2 is 2.07 bits per heavy atom. The quantitative estimate of drug-likeness (QED) is 0.638. The van der Waals surface area contributed by atoms with Gasteiger partial charge in [0, 0.05) is 13.2 Å². The zero-order chi connectivity index (χ0) is 11.1. The van der Waals surface area contributed by atoms with E-state index in [1.807, 2.05) is 30.3 Å². The van der Waals surface area contributed by atoms with Crippen molar-refractivity contribution in [2.45, 2.75) is 19.0 Å². The van der Waals surface area contributed by atoms with Crippen LogP contribution in [-0.4, -0.2) is 23.7 Å². The summed E-state index contributed by atoms with van der Waals surface area (Å²) in [6.07, 6.45) is 0.292. The Bertz CT molecular complexity index is 301. The predicted molar refractivity (Wildman–Crippen MR) is 58.0 cm³/mol. The molecule has 0 aliphatic rings. The van der Waals surface area contributed by atoms with E-state index in [4.69, 9.17) is 10.8 Å². The number of benzene rings is 1. The molecule has 15 heavy (non-hydrogen) atoms. The van der Waals surface area contributed by atoms with Crippen LogP contribution in [0.2, 0.25) is 0 Å². The van der Waals surface area contributed by atoms with Crippen LogP contribution in [0.5, 0.6) is 0 Å². The van der Waals surface area contributed by atoms with E-state index in [0.717, 1.165) is 5.56 Å². The molecule has 1 aromatic rings. The summed E-state index contributed by atoms with van der Waals surface area (Å²) in [6.45, 7) is 0.402. The molecule has 1 rings (SSSR count). The highest BCUT2D eigenvalue weighted by Gasteiger charge is 2.11. The highest BCUT2D eigenvalue weighted by atomic mass is 16.3. The summed E-state index contributed by atoms with van der Waals surface area (Å²) < 4.78 is 0. The smallest absolute Gasteiger partial charge is 0.237 e. The molecule has 0 aliphatic carbocycles. The van der Waals surface area contributed by atoms with E-state index < -0.39 is 6.04 Å². The number of rotatable bonds is 5. The van der Waals surface area contributed by atoms with Crippen LogP contribution in [-0.2, 0) is 11.3 Å². The fourth-order valence-electron chi connectivity index (χ4n) is 1.19. The summed E-state index contributed by atoms with van der Waals surface area (Å²) in [7, 11) is 0. The molecule has 0 saturated heterocycles. The normalized spacial score (nSPS) is 12.1. The first-order valence-corrected chi connectivity index (χ1v) is 4.92. The van der Waals surface area contributed by atoms with Gasteiger partial charge in [0.2, 0.25) is 5.91 Å². The van der Waals surface area contributed by atoms with Crippen LogP contribution in [0.1, 0.15) is 12.0 Å². The summed E-state index contributed by atoms with van der Waals surface area (Å²) in [5, 5.41) is 11.3. The minimum absolute atomic E-state index is 0.0695. The van der Waals surface area contributed by atoms with E-state index in [2.05, 4.69) is 5.32 Å².